The lowest BCUT2D eigenvalue weighted by atomic mass is 9.86. The third-order valence-electron chi connectivity index (χ3n) is 2.97. The Bertz CT molecular complexity index is 441. The van der Waals surface area contributed by atoms with Crippen LogP contribution in [0.15, 0.2) is 24.3 Å². The Kier molecular flexibility index (Phi) is 5.28. The third kappa shape index (κ3) is 5.69. The van der Waals surface area contributed by atoms with Crippen LogP contribution in [0.4, 0.5) is 0 Å². The van der Waals surface area contributed by atoms with Crippen molar-refractivity contribution in [3.8, 4) is 0 Å². The SMILES string of the molecule is CC(=O)CC(=O)NCCc1ccc(C(C)(C)C)cc1. The van der Waals surface area contributed by atoms with Crippen molar-refractivity contribution in [1.29, 1.82) is 0 Å². The Hall–Kier alpha value is -1.64. The highest BCUT2D eigenvalue weighted by molar-refractivity contribution is 5.96. The highest BCUT2D eigenvalue weighted by Crippen LogP contribution is 2.22. The predicted octanol–water partition coefficient (Wildman–Crippen LogP) is 2.62. The fourth-order valence-corrected chi connectivity index (χ4v) is 1.81. The van der Waals surface area contributed by atoms with Crippen LogP contribution < -0.4 is 5.32 Å². The minimum Gasteiger partial charge on any atom is -0.355 e. The Labute approximate surface area is 115 Å². The number of carbonyl (C=O) groups is 2. The molecule has 1 amide bonds. The number of hydrogen-bond donors (Lipinski definition) is 1. The van der Waals surface area contributed by atoms with E-state index in [9.17, 15) is 9.59 Å². The summed E-state index contributed by atoms with van der Waals surface area (Å²) in [6, 6.07) is 8.45. The zero-order valence-electron chi connectivity index (χ0n) is 12.2. The van der Waals surface area contributed by atoms with Crippen molar-refractivity contribution >= 4 is 11.7 Å². The standard InChI is InChI=1S/C16H23NO2/c1-12(18)11-15(19)17-10-9-13-5-7-14(8-6-13)16(2,3)4/h5-8H,9-11H2,1-4H3,(H,17,19). The quantitative estimate of drug-likeness (QED) is 0.828. The first-order valence-corrected chi connectivity index (χ1v) is 6.64. The van der Waals surface area contributed by atoms with Crippen LogP contribution in [0.25, 0.3) is 0 Å². The minimum absolute atomic E-state index is 0.0248. The van der Waals surface area contributed by atoms with E-state index in [2.05, 4.69) is 50.4 Å². The number of benzene rings is 1. The molecule has 0 bridgehead atoms. The highest BCUT2D eigenvalue weighted by Gasteiger charge is 2.12. The summed E-state index contributed by atoms with van der Waals surface area (Å²) in [5, 5.41) is 2.75. The molecule has 0 radical (unpaired) electrons. The number of rotatable bonds is 5. The number of carbonyl (C=O) groups excluding carboxylic acids is 2. The van der Waals surface area contributed by atoms with E-state index in [4.69, 9.17) is 0 Å². The molecule has 0 saturated carbocycles. The highest BCUT2D eigenvalue weighted by atomic mass is 16.2. The van der Waals surface area contributed by atoms with Crippen LogP contribution in [-0.2, 0) is 21.4 Å². The summed E-state index contributed by atoms with van der Waals surface area (Å²) in [4.78, 5) is 22.1. The minimum atomic E-state index is -0.196. The second-order valence-corrected chi connectivity index (χ2v) is 5.93. The molecule has 19 heavy (non-hydrogen) atoms. The van der Waals surface area contributed by atoms with Crippen molar-refractivity contribution in [2.45, 2.75) is 46.0 Å². The average Bonchev–Trinajstić information content (AvgIpc) is 2.27. The lowest BCUT2D eigenvalue weighted by Crippen LogP contribution is -2.27. The molecule has 0 unspecified atom stereocenters. The maximum atomic E-state index is 11.3. The molecule has 0 aliphatic heterocycles. The Morgan fingerprint density at radius 1 is 1.11 bits per heavy atom. The molecular formula is C16H23NO2. The van der Waals surface area contributed by atoms with Gasteiger partial charge in [-0.15, -0.1) is 0 Å². The van der Waals surface area contributed by atoms with Crippen molar-refractivity contribution < 1.29 is 9.59 Å². The molecule has 0 aromatic heterocycles. The van der Waals surface area contributed by atoms with E-state index in [1.54, 1.807) is 0 Å². The summed E-state index contributed by atoms with van der Waals surface area (Å²) >= 11 is 0. The van der Waals surface area contributed by atoms with Gasteiger partial charge in [-0.1, -0.05) is 45.0 Å². The molecule has 3 nitrogen and oxygen atoms in total. The van der Waals surface area contributed by atoms with Gasteiger partial charge in [-0.05, 0) is 29.9 Å². The van der Waals surface area contributed by atoms with Crippen LogP contribution in [0.1, 0.15) is 45.2 Å². The molecule has 1 N–H and O–H groups in total. The number of Topliss-reactive ketones (excluding diaryl/α,β-unsaturated/α-hetero) is 1. The molecule has 0 spiro atoms. The van der Waals surface area contributed by atoms with Gasteiger partial charge in [0.2, 0.25) is 5.91 Å². The van der Waals surface area contributed by atoms with Crippen molar-refractivity contribution in [2.24, 2.45) is 0 Å². The predicted molar refractivity (Wildman–Crippen MR) is 77.2 cm³/mol. The summed E-state index contributed by atoms with van der Waals surface area (Å²) in [5.41, 5.74) is 2.65. The summed E-state index contributed by atoms with van der Waals surface area (Å²) < 4.78 is 0. The molecule has 1 aromatic rings. The smallest absolute Gasteiger partial charge is 0.227 e. The molecule has 0 fully saturated rings. The molecule has 1 aromatic carbocycles. The number of nitrogens with one attached hydrogen (secondary N) is 1. The monoisotopic (exact) mass is 261 g/mol. The Balaban J connectivity index is 2.42. The zero-order valence-corrected chi connectivity index (χ0v) is 12.2. The first kappa shape index (κ1) is 15.4. The molecule has 0 aliphatic rings. The van der Waals surface area contributed by atoms with Crippen LogP contribution in [-0.4, -0.2) is 18.2 Å². The molecule has 0 heterocycles. The summed E-state index contributed by atoms with van der Waals surface area (Å²) in [7, 11) is 0. The van der Waals surface area contributed by atoms with E-state index in [0.29, 0.717) is 6.54 Å². The number of hydrogen-bond acceptors (Lipinski definition) is 2. The van der Waals surface area contributed by atoms with Gasteiger partial charge in [-0.2, -0.15) is 0 Å². The zero-order chi connectivity index (χ0) is 14.5. The second kappa shape index (κ2) is 6.50. The van der Waals surface area contributed by atoms with Gasteiger partial charge in [-0.3, -0.25) is 9.59 Å². The molecule has 3 heteroatoms. The maximum Gasteiger partial charge on any atom is 0.227 e. The van der Waals surface area contributed by atoms with E-state index < -0.39 is 0 Å². The summed E-state index contributed by atoms with van der Waals surface area (Å²) in [5.74, 6) is -0.300. The van der Waals surface area contributed by atoms with Gasteiger partial charge in [0.1, 0.15) is 5.78 Å². The maximum absolute atomic E-state index is 11.3. The molecule has 0 aliphatic carbocycles. The van der Waals surface area contributed by atoms with E-state index in [1.165, 1.54) is 18.1 Å². The molecule has 0 saturated heterocycles. The van der Waals surface area contributed by atoms with E-state index in [1.807, 2.05) is 0 Å². The van der Waals surface area contributed by atoms with Gasteiger partial charge in [-0.25, -0.2) is 0 Å². The lowest BCUT2D eigenvalue weighted by Gasteiger charge is -2.19. The average molecular weight is 261 g/mol. The van der Waals surface area contributed by atoms with Gasteiger partial charge in [0.05, 0.1) is 6.42 Å². The van der Waals surface area contributed by atoms with Crippen LogP contribution in [0, 0.1) is 0 Å². The second-order valence-electron chi connectivity index (χ2n) is 5.93. The number of ketones is 1. The Morgan fingerprint density at radius 2 is 1.68 bits per heavy atom. The van der Waals surface area contributed by atoms with Crippen LogP contribution in [0.3, 0.4) is 0 Å². The fourth-order valence-electron chi connectivity index (χ4n) is 1.81. The summed E-state index contributed by atoms with van der Waals surface area (Å²) in [6.07, 6.45) is 0.761. The normalized spacial score (nSPS) is 11.2. The number of amides is 1. The van der Waals surface area contributed by atoms with Gasteiger partial charge in [0, 0.05) is 6.54 Å². The summed E-state index contributed by atoms with van der Waals surface area (Å²) in [6.45, 7) is 8.55. The molecular weight excluding hydrogens is 238 g/mol. The third-order valence-corrected chi connectivity index (χ3v) is 2.97. The van der Waals surface area contributed by atoms with Crippen molar-refractivity contribution in [2.75, 3.05) is 6.54 Å². The van der Waals surface area contributed by atoms with Crippen LogP contribution >= 0.6 is 0 Å². The topological polar surface area (TPSA) is 46.2 Å². The lowest BCUT2D eigenvalue weighted by molar-refractivity contribution is -0.127. The Morgan fingerprint density at radius 3 is 2.16 bits per heavy atom. The van der Waals surface area contributed by atoms with Gasteiger partial charge >= 0.3 is 0 Å². The molecule has 1 rings (SSSR count). The first-order valence-electron chi connectivity index (χ1n) is 6.64. The first-order chi connectivity index (χ1) is 8.79. The molecule has 0 atom stereocenters. The van der Waals surface area contributed by atoms with Crippen molar-refractivity contribution in [1.82, 2.24) is 5.32 Å². The van der Waals surface area contributed by atoms with Crippen LogP contribution in [0.2, 0.25) is 0 Å². The largest absolute Gasteiger partial charge is 0.355 e. The van der Waals surface area contributed by atoms with E-state index in [-0.39, 0.29) is 23.5 Å². The van der Waals surface area contributed by atoms with E-state index in [0.717, 1.165) is 6.42 Å². The van der Waals surface area contributed by atoms with Crippen LogP contribution in [0.5, 0.6) is 0 Å². The van der Waals surface area contributed by atoms with Gasteiger partial charge in [0.15, 0.2) is 0 Å². The van der Waals surface area contributed by atoms with Gasteiger partial charge in [0.25, 0.3) is 0 Å². The molecule has 104 valence electrons. The van der Waals surface area contributed by atoms with E-state index >= 15 is 0 Å². The van der Waals surface area contributed by atoms with Crippen molar-refractivity contribution in [3.63, 3.8) is 0 Å². The van der Waals surface area contributed by atoms with Crippen molar-refractivity contribution in [3.05, 3.63) is 35.4 Å². The fraction of sp³-hybridized carbons (Fsp3) is 0.500. The van der Waals surface area contributed by atoms with Gasteiger partial charge < -0.3 is 5.32 Å².